The summed E-state index contributed by atoms with van der Waals surface area (Å²) >= 11 is 1.53. The van der Waals surface area contributed by atoms with E-state index in [0.717, 1.165) is 21.1 Å². The Hall–Kier alpha value is -2.93. The van der Waals surface area contributed by atoms with E-state index in [1.807, 2.05) is 24.3 Å². The van der Waals surface area contributed by atoms with Gasteiger partial charge in [-0.25, -0.2) is 9.37 Å². The third-order valence-electron chi connectivity index (χ3n) is 4.43. The zero-order valence-electron chi connectivity index (χ0n) is 14.7. The van der Waals surface area contributed by atoms with Crippen LogP contribution in [-0.4, -0.2) is 17.9 Å². The number of halogens is 1. The molecule has 4 rings (SSSR count). The van der Waals surface area contributed by atoms with E-state index in [2.05, 4.69) is 15.6 Å². The largest absolute Gasteiger partial charge is 0.489 e. The maximum absolute atomic E-state index is 13.1. The van der Waals surface area contributed by atoms with Gasteiger partial charge >= 0.3 is 0 Å². The average molecular weight is 383 g/mol. The van der Waals surface area contributed by atoms with Crippen molar-refractivity contribution in [1.82, 2.24) is 4.98 Å². The molecular formula is C20H18FN3O2S. The van der Waals surface area contributed by atoms with Crippen LogP contribution in [0.1, 0.15) is 28.3 Å². The lowest BCUT2D eigenvalue weighted by Gasteiger charge is -2.23. The Morgan fingerprint density at radius 2 is 2.04 bits per heavy atom. The van der Waals surface area contributed by atoms with Gasteiger partial charge in [0.15, 0.2) is 5.13 Å². The first-order valence-electron chi connectivity index (χ1n) is 8.58. The summed E-state index contributed by atoms with van der Waals surface area (Å²) in [6.07, 6.45) is 0.343. The highest BCUT2D eigenvalue weighted by molar-refractivity contribution is 7.16. The second kappa shape index (κ2) is 7.36. The molecule has 0 saturated carbocycles. The molecule has 0 bridgehead atoms. The van der Waals surface area contributed by atoms with Crippen LogP contribution >= 0.6 is 11.3 Å². The number of carbonyl (C=O) groups is 1. The minimum absolute atomic E-state index is 0.0613. The number of para-hydroxylation sites is 1. The quantitative estimate of drug-likeness (QED) is 0.686. The average Bonchev–Trinajstić information content (AvgIpc) is 3.10. The first kappa shape index (κ1) is 17.5. The number of ether oxygens (including phenoxy) is 1. The van der Waals surface area contributed by atoms with Gasteiger partial charge in [0.2, 0.25) is 5.91 Å². The van der Waals surface area contributed by atoms with E-state index in [-0.39, 0.29) is 17.6 Å². The van der Waals surface area contributed by atoms with Gasteiger partial charge in [0, 0.05) is 24.9 Å². The molecule has 0 fully saturated rings. The number of aromatic nitrogens is 1. The fourth-order valence-corrected chi connectivity index (χ4v) is 4.11. The van der Waals surface area contributed by atoms with E-state index in [1.165, 1.54) is 23.5 Å². The molecule has 5 nitrogen and oxygen atoms in total. The molecule has 1 atom stereocenters. The highest BCUT2D eigenvalue weighted by Gasteiger charge is 2.31. The normalized spacial score (nSPS) is 15.8. The number of amides is 1. The molecular weight excluding hydrogens is 365 g/mol. The Morgan fingerprint density at radius 3 is 2.81 bits per heavy atom. The van der Waals surface area contributed by atoms with Crippen molar-refractivity contribution in [2.24, 2.45) is 0 Å². The number of anilines is 2. The Bertz CT molecular complexity index is 972. The topological polar surface area (TPSA) is 63.3 Å². The van der Waals surface area contributed by atoms with Gasteiger partial charge in [0.1, 0.15) is 24.0 Å². The molecule has 0 radical (unpaired) electrons. The number of nitrogens with one attached hydrogen (secondary N) is 2. The minimum atomic E-state index is -0.273. The lowest BCUT2D eigenvalue weighted by atomic mass is 9.91. The van der Waals surface area contributed by atoms with Crippen LogP contribution in [0, 0.1) is 5.82 Å². The number of nitrogens with zero attached hydrogens (tertiary/aromatic N) is 1. The number of thiazole rings is 1. The van der Waals surface area contributed by atoms with E-state index in [9.17, 15) is 9.18 Å². The zero-order valence-corrected chi connectivity index (χ0v) is 15.5. The minimum Gasteiger partial charge on any atom is -0.489 e. The molecule has 2 aromatic carbocycles. The van der Waals surface area contributed by atoms with Crippen LogP contribution in [0.15, 0.2) is 48.5 Å². The summed E-state index contributed by atoms with van der Waals surface area (Å²) in [5, 5.41) is 6.63. The van der Waals surface area contributed by atoms with Crippen molar-refractivity contribution in [3.8, 4) is 5.75 Å². The number of benzene rings is 2. The maximum Gasteiger partial charge on any atom is 0.226 e. The molecule has 27 heavy (non-hydrogen) atoms. The summed E-state index contributed by atoms with van der Waals surface area (Å²) in [7, 11) is 1.81. The molecule has 2 heterocycles. The van der Waals surface area contributed by atoms with Crippen molar-refractivity contribution in [1.29, 1.82) is 0 Å². The third-order valence-corrected chi connectivity index (χ3v) is 5.62. The van der Waals surface area contributed by atoms with Crippen LogP contribution in [0.3, 0.4) is 0 Å². The smallest absolute Gasteiger partial charge is 0.226 e. The highest BCUT2D eigenvalue weighted by atomic mass is 32.1. The van der Waals surface area contributed by atoms with Crippen molar-refractivity contribution < 1.29 is 13.9 Å². The van der Waals surface area contributed by atoms with Crippen molar-refractivity contribution in [2.75, 3.05) is 17.7 Å². The molecule has 1 aliphatic heterocycles. The molecule has 0 saturated heterocycles. The van der Waals surface area contributed by atoms with E-state index in [0.29, 0.717) is 24.6 Å². The van der Waals surface area contributed by atoms with Gasteiger partial charge in [-0.05, 0) is 23.8 Å². The molecule has 1 aromatic heterocycles. The molecule has 1 aliphatic rings. The van der Waals surface area contributed by atoms with Crippen molar-refractivity contribution in [3.63, 3.8) is 0 Å². The second-order valence-corrected chi connectivity index (χ2v) is 7.27. The summed E-state index contributed by atoms with van der Waals surface area (Å²) < 4.78 is 19.1. The van der Waals surface area contributed by atoms with E-state index < -0.39 is 0 Å². The summed E-state index contributed by atoms with van der Waals surface area (Å²) in [4.78, 5) is 17.6. The molecule has 138 valence electrons. The van der Waals surface area contributed by atoms with Crippen LogP contribution in [-0.2, 0) is 11.4 Å². The highest BCUT2D eigenvalue weighted by Crippen LogP contribution is 2.44. The Labute approximate surface area is 160 Å². The van der Waals surface area contributed by atoms with Gasteiger partial charge in [-0.2, -0.15) is 0 Å². The standard InChI is InChI=1S/C20H18FN3O2S/c1-22-20-24-19-18(27-20)15(10-17(25)23-19)14-4-2-3-5-16(14)26-11-12-6-8-13(21)9-7-12/h2-9,15H,10-11H2,1H3,(H,22,24)(H,23,25)/t15-/m1/s1. The molecule has 3 aromatic rings. The van der Waals surface area contributed by atoms with E-state index in [4.69, 9.17) is 4.74 Å². The molecule has 0 unspecified atom stereocenters. The van der Waals surface area contributed by atoms with Crippen LogP contribution < -0.4 is 15.4 Å². The van der Waals surface area contributed by atoms with Crippen LogP contribution in [0.2, 0.25) is 0 Å². The SMILES string of the molecule is CNc1nc2c(s1)[C@@H](c1ccccc1OCc1ccc(F)cc1)CC(=O)N2. The zero-order chi connectivity index (χ0) is 18.8. The fourth-order valence-electron chi connectivity index (χ4n) is 3.12. The van der Waals surface area contributed by atoms with Crippen LogP contribution in [0.4, 0.5) is 15.3 Å². The van der Waals surface area contributed by atoms with Gasteiger partial charge in [-0.1, -0.05) is 41.7 Å². The predicted molar refractivity (Wildman–Crippen MR) is 104 cm³/mol. The monoisotopic (exact) mass is 383 g/mol. The number of fused-ring (bicyclic) bond motifs is 1. The maximum atomic E-state index is 13.1. The summed E-state index contributed by atoms with van der Waals surface area (Å²) in [6, 6.07) is 13.9. The van der Waals surface area contributed by atoms with Gasteiger partial charge in [-0.3, -0.25) is 4.79 Å². The molecule has 7 heteroatoms. The van der Waals surface area contributed by atoms with Gasteiger partial charge in [0.25, 0.3) is 0 Å². The van der Waals surface area contributed by atoms with Gasteiger partial charge < -0.3 is 15.4 Å². The first-order valence-corrected chi connectivity index (χ1v) is 9.40. The Kier molecular flexibility index (Phi) is 4.77. The fraction of sp³-hybridized carbons (Fsp3) is 0.200. The van der Waals surface area contributed by atoms with E-state index in [1.54, 1.807) is 19.2 Å². The second-order valence-electron chi connectivity index (χ2n) is 6.24. The predicted octanol–water partition coefficient (Wildman–Crippen LogP) is 4.38. The molecule has 0 aliphatic carbocycles. The number of rotatable bonds is 5. The number of carbonyl (C=O) groups excluding carboxylic acids is 1. The first-order chi connectivity index (χ1) is 13.1. The molecule has 1 amide bonds. The van der Waals surface area contributed by atoms with Crippen molar-refractivity contribution in [3.05, 3.63) is 70.4 Å². The number of hydrogen-bond donors (Lipinski definition) is 2. The number of hydrogen-bond acceptors (Lipinski definition) is 5. The van der Waals surface area contributed by atoms with Crippen LogP contribution in [0.25, 0.3) is 0 Å². The van der Waals surface area contributed by atoms with Crippen molar-refractivity contribution >= 4 is 28.2 Å². The van der Waals surface area contributed by atoms with Gasteiger partial charge in [-0.15, -0.1) is 0 Å². The Balaban J connectivity index is 1.64. The van der Waals surface area contributed by atoms with E-state index >= 15 is 0 Å². The molecule has 2 N–H and O–H groups in total. The lowest BCUT2D eigenvalue weighted by Crippen LogP contribution is -2.23. The van der Waals surface area contributed by atoms with Crippen molar-refractivity contribution in [2.45, 2.75) is 18.9 Å². The Morgan fingerprint density at radius 1 is 1.26 bits per heavy atom. The van der Waals surface area contributed by atoms with Gasteiger partial charge in [0.05, 0.1) is 4.88 Å². The molecule has 0 spiro atoms. The summed E-state index contributed by atoms with van der Waals surface area (Å²) in [5.74, 6) is 0.878. The third kappa shape index (κ3) is 3.64. The summed E-state index contributed by atoms with van der Waals surface area (Å²) in [6.45, 7) is 0.327. The summed E-state index contributed by atoms with van der Waals surface area (Å²) in [5.41, 5.74) is 1.82. The van der Waals surface area contributed by atoms with Crippen LogP contribution in [0.5, 0.6) is 5.75 Å². The lowest BCUT2D eigenvalue weighted by molar-refractivity contribution is -0.116.